The van der Waals surface area contributed by atoms with Gasteiger partial charge in [0.25, 0.3) is 0 Å². The van der Waals surface area contributed by atoms with Gasteiger partial charge in [-0.25, -0.2) is 0 Å². The van der Waals surface area contributed by atoms with E-state index in [1.165, 1.54) is 66.7 Å². The van der Waals surface area contributed by atoms with Gasteiger partial charge in [0.2, 0.25) is 0 Å². The van der Waals surface area contributed by atoms with Crippen molar-refractivity contribution >= 4 is 43.6 Å². The summed E-state index contributed by atoms with van der Waals surface area (Å²) in [5.41, 5.74) is -8.96. The van der Waals surface area contributed by atoms with Crippen molar-refractivity contribution < 1.29 is 52.7 Å². The summed E-state index contributed by atoms with van der Waals surface area (Å²) in [5, 5.41) is 10.8. The smallest absolute Gasteiger partial charge is 0.309 e. The highest BCUT2D eigenvalue weighted by molar-refractivity contribution is 6.29. The van der Waals surface area contributed by atoms with Crippen molar-refractivity contribution in [2.45, 2.75) is 24.7 Å². The molecule has 0 saturated heterocycles. The molecule has 5 aromatic carbocycles. The van der Waals surface area contributed by atoms with E-state index in [1.54, 1.807) is 0 Å². The topological polar surface area (TPSA) is 33.6 Å². The molecule has 0 aliphatic heterocycles. The van der Waals surface area contributed by atoms with Crippen LogP contribution in [0.15, 0.2) is 91.0 Å². The van der Waals surface area contributed by atoms with Gasteiger partial charge in [0, 0.05) is 21.5 Å². The third-order valence-corrected chi connectivity index (χ3v) is 8.43. The Labute approximate surface area is 271 Å². The summed E-state index contributed by atoms with van der Waals surface area (Å²) in [6, 6.07) is 17.1. The van der Waals surface area contributed by atoms with Crippen LogP contribution in [0.3, 0.4) is 0 Å². The molecule has 0 unspecified atom stereocenters. The number of hydrogen-bond acceptors (Lipinski definition) is 1. The van der Waals surface area contributed by atoms with Gasteiger partial charge in [0.1, 0.15) is 6.07 Å². The predicted octanol–water partition coefficient (Wildman–Crippen LogP) is 11.8. The molecule has 7 aromatic rings. The number of halogens is 12. The fourth-order valence-electron chi connectivity index (χ4n) is 6.49. The minimum atomic E-state index is -5.38. The number of nitrogens with zero attached hydrogens (tertiary/aromatic N) is 3. The maximum absolute atomic E-state index is 14.6. The zero-order valence-corrected chi connectivity index (χ0v) is 24.5. The van der Waals surface area contributed by atoms with Crippen LogP contribution in [0.5, 0.6) is 0 Å². The van der Waals surface area contributed by atoms with E-state index in [0.29, 0.717) is 18.2 Å². The lowest BCUT2D eigenvalue weighted by Gasteiger charge is -2.20. The number of benzene rings is 5. The highest BCUT2D eigenvalue weighted by Crippen LogP contribution is 2.47. The molecule has 0 aliphatic carbocycles. The SMILES string of the molecule is N#Cc1cc(C(F)(F)F)cc(C(F)(F)F)c1-n1c2ccccc2c2c3c4ccccc4n(-c4ccc(C(F)(F)F)cc4C(F)(F)F)c3ccc21. The van der Waals surface area contributed by atoms with Gasteiger partial charge in [0.05, 0.1) is 61.3 Å². The minimum absolute atomic E-state index is 0.00691. The van der Waals surface area contributed by atoms with Crippen molar-refractivity contribution in [2.24, 2.45) is 0 Å². The molecule has 2 heterocycles. The summed E-state index contributed by atoms with van der Waals surface area (Å²) in [6.07, 6.45) is -21.0. The molecule has 254 valence electrons. The van der Waals surface area contributed by atoms with Crippen LogP contribution in [0.1, 0.15) is 27.8 Å². The zero-order chi connectivity index (χ0) is 36.1. The van der Waals surface area contributed by atoms with Crippen LogP contribution in [0.25, 0.3) is 55.0 Å². The molecular weight excluding hydrogens is 690 g/mol. The van der Waals surface area contributed by atoms with E-state index in [0.717, 1.165) is 9.13 Å². The number of fused-ring (bicyclic) bond motifs is 7. The van der Waals surface area contributed by atoms with E-state index in [4.69, 9.17) is 0 Å². The third kappa shape index (κ3) is 5.00. The van der Waals surface area contributed by atoms with Gasteiger partial charge in [-0.15, -0.1) is 0 Å². The second-order valence-corrected chi connectivity index (χ2v) is 11.3. The lowest BCUT2D eigenvalue weighted by atomic mass is 10.0. The lowest BCUT2D eigenvalue weighted by Crippen LogP contribution is -2.16. The van der Waals surface area contributed by atoms with Gasteiger partial charge < -0.3 is 9.13 Å². The number of aromatic nitrogens is 2. The number of alkyl halides is 12. The van der Waals surface area contributed by atoms with Crippen LogP contribution in [-0.4, -0.2) is 9.13 Å². The van der Waals surface area contributed by atoms with Gasteiger partial charge in [-0.05, 0) is 54.6 Å². The quantitative estimate of drug-likeness (QED) is 0.165. The Bertz CT molecular complexity index is 2550. The van der Waals surface area contributed by atoms with Crippen molar-refractivity contribution in [2.75, 3.05) is 0 Å². The monoisotopic (exact) mass is 705 g/mol. The molecule has 0 bridgehead atoms. The molecule has 0 saturated carbocycles. The molecule has 50 heavy (non-hydrogen) atoms. The number of rotatable bonds is 2. The van der Waals surface area contributed by atoms with E-state index >= 15 is 0 Å². The molecular formula is C35H15F12N3. The predicted molar refractivity (Wildman–Crippen MR) is 160 cm³/mol. The molecule has 0 spiro atoms. The normalized spacial score (nSPS) is 13.2. The van der Waals surface area contributed by atoms with Gasteiger partial charge in [-0.2, -0.15) is 57.9 Å². The van der Waals surface area contributed by atoms with Gasteiger partial charge in [-0.1, -0.05) is 36.4 Å². The first-order valence-corrected chi connectivity index (χ1v) is 14.3. The Balaban J connectivity index is 1.67. The zero-order valence-electron chi connectivity index (χ0n) is 24.5. The number of nitriles is 1. The van der Waals surface area contributed by atoms with Crippen molar-refractivity contribution in [3.8, 4) is 17.4 Å². The Morgan fingerprint density at radius 2 is 0.940 bits per heavy atom. The van der Waals surface area contributed by atoms with Crippen LogP contribution >= 0.6 is 0 Å². The summed E-state index contributed by atoms with van der Waals surface area (Å²) in [4.78, 5) is 0. The van der Waals surface area contributed by atoms with E-state index in [-0.39, 0.29) is 55.7 Å². The highest BCUT2D eigenvalue weighted by atomic mass is 19.4. The van der Waals surface area contributed by atoms with Crippen LogP contribution in [0.4, 0.5) is 52.7 Å². The standard InChI is InChI=1S/C35H15F12N3/c36-32(37,38)18-9-10-26(22(14-18)34(42,43)44)49-24-7-3-1-5-20(24)29-27(49)11-12-28-30(29)21-6-2-4-8-25(21)50(28)31-17(16-48)13-19(33(39,40)41)15-23(31)35(45,46)47/h1-15H. The maximum Gasteiger partial charge on any atom is 0.418 e. The molecule has 0 aliphatic rings. The van der Waals surface area contributed by atoms with Crippen molar-refractivity contribution in [3.63, 3.8) is 0 Å². The average molecular weight is 706 g/mol. The molecule has 0 radical (unpaired) electrons. The Hall–Kier alpha value is -5.65. The second-order valence-electron chi connectivity index (χ2n) is 11.3. The van der Waals surface area contributed by atoms with E-state index in [1.807, 2.05) is 0 Å². The van der Waals surface area contributed by atoms with Crippen LogP contribution in [0, 0.1) is 11.3 Å². The first kappa shape index (κ1) is 32.9. The highest BCUT2D eigenvalue weighted by Gasteiger charge is 2.42. The summed E-state index contributed by atoms with van der Waals surface area (Å²) < 4.78 is 171. The largest absolute Gasteiger partial charge is 0.418 e. The molecule has 0 fully saturated rings. The second kappa shape index (κ2) is 10.7. The Morgan fingerprint density at radius 3 is 1.44 bits per heavy atom. The van der Waals surface area contributed by atoms with E-state index in [2.05, 4.69) is 0 Å². The summed E-state index contributed by atoms with van der Waals surface area (Å²) in [7, 11) is 0. The molecule has 7 rings (SSSR count). The number of para-hydroxylation sites is 2. The lowest BCUT2D eigenvalue weighted by molar-refractivity contribution is -0.144. The Morgan fingerprint density at radius 1 is 0.460 bits per heavy atom. The average Bonchev–Trinajstić information content (AvgIpc) is 3.54. The van der Waals surface area contributed by atoms with E-state index in [9.17, 15) is 57.9 Å². The molecule has 3 nitrogen and oxygen atoms in total. The van der Waals surface area contributed by atoms with Crippen molar-refractivity contribution in [1.82, 2.24) is 9.13 Å². The summed E-state index contributed by atoms with van der Waals surface area (Å²) >= 11 is 0. The van der Waals surface area contributed by atoms with Gasteiger partial charge in [0.15, 0.2) is 0 Å². The Kier molecular flexibility index (Phi) is 7.02. The molecule has 2 aromatic heterocycles. The fraction of sp³-hybridized carbons (Fsp3) is 0.114. The first-order chi connectivity index (χ1) is 23.3. The van der Waals surface area contributed by atoms with E-state index < -0.39 is 63.9 Å². The number of hydrogen-bond donors (Lipinski definition) is 0. The van der Waals surface area contributed by atoms with Gasteiger partial charge in [-0.3, -0.25) is 0 Å². The summed E-state index contributed by atoms with van der Waals surface area (Å²) in [5.74, 6) is 0. The van der Waals surface area contributed by atoms with Crippen LogP contribution < -0.4 is 0 Å². The van der Waals surface area contributed by atoms with Crippen molar-refractivity contribution in [1.29, 1.82) is 5.26 Å². The minimum Gasteiger partial charge on any atom is -0.309 e. The third-order valence-electron chi connectivity index (χ3n) is 8.43. The van der Waals surface area contributed by atoms with Crippen LogP contribution in [-0.2, 0) is 24.7 Å². The maximum atomic E-state index is 14.6. The van der Waals surface area contributed by atoms with Crippen LogP contribution in [0.2, 0.25) is 0 Å². The van der Waals surface area contributed by atoms with Gasteiger partial charge >= 0.3 is 24.7 Å². The fourth-order valence-corrected chi connectivity index (χ4v) is 6.49. The molecule has 15 heteroatoms. The molecule has 0 amide bonds. The summed E-state index contributed by atoms with van der Waals surface area (Å²) in [6.45, 7) is 0. The molecule has 0 N–H and O–H groups in total. The molecule has 0 atom stereocenters. The first-order valence-electron chi connectivity index (χ1n) is 14.3. The van der Waals surface area contributed by atoms with Crippen molar-refractivity contribution in [3.05, 3.63) is 119 Å².